The number of rotatable bonds is 3. The molecule has 5 nitrogen and oxygen atoms in total. The maximum Gasteiger partial charge on any atom is 0.311 e. The minimum absolute atomic E-state index is 0.0346. The summed E-state index contributed by atoms with van der Waals surface area (Å²) < 4.78 is 5.75. The first-order valence-corrected chi connectivity index (χ1v) is 6.19. The monoisotopic (exact) mass is 263 g/mol. The zero-order valence-corrected chi connectivity index (χ0v) is 11.5. The largest absolute Gasteiger partial charge is 0.482 e. The van der Waals surface area contributed by atoms with Crippen LogP contribution in [-0.2, 0) is 4.79 Å². The van der Waals surface area contributed by atoms with E-state index in [0.29, 0.717) is 6.42 Å². The Kier molecular flexibility index (Phi) is 3.08. The fraction of sp³-hybridized carbons (Fsp3) is 0.500. The van der Waals surface area contributed by atoms with E-state index in [4.69, 9.17) is 4.74 Å². The number of nitrogens with zero attached hydrogens (tertiary/aromatic N) is 1. The molecular formula is C14H17NO4. The van der Waals surface area contributed by atoms with E-state index < -0.39 is 10.3 Å². The summed E-state index contributed by atoms with van der Waals surface area (Å²) in [4.78, 5) is 22.2. The van der Waals surface area contributed by atoms with E-state index >= 15 is 0 Å². The van der Waals surface area contributed by atoms with E-state index in [-0.39, 0.29) is 23.3 Å². The molecule has 1 aromatic carbocycles. The molecule has 19 heavy (non-hydrogen) atoms. The van der Waals surface area contributed by atoms with Crippen molar-refractivity contribution in [3.05, 3.63) is 33.4 Å². The van der Waals surface area contributed by atoms with Gasteiger partial charge in [-0.3, -0.25) is 14.9 Å². The van der Waals surface area contributed by atoms with Crippen LogP contribution in [0.5, 0.6) is 5.75 Å². The predicted molar refractivity (Wildman–Crippen MR) is 70.4 cm³/mol. The number of ether oxygens (including phenoxy) is 1. The Morgan fingerprint density at radius 3 is 2.47 bits per heavy atom. The van der Waals surface area contributed by atoms with Gasteiger partial charge >= 0.3 is 5.69 Å². The second-order valence-electron chi connectivity index (χ2n) is 5.64. The number of Topliss-reactive ketones (excluding diaryl/α,β-unsaturated/α-hetero) is 1. The summed E-state index contributed by atoms with van der Waals surface area (Å²) in [5, 5.41) is 11.1. The van der Waals surface area contributed by atoms with Gasteiger partial charge in [-0.05, 0) is 38.8 Å². The lowest BCUT2D eigenvalue weighted by Crippen LogP contribution is -2.53. The van der Waals surface area contributed by atoms with Crippen LogP contribution in [0.2, 0.25) is 0 Å². The molecule has 102 valence electrons. The quantitative estimate of drug-likeness (QED) is 0.621. The molecule has 1 aromatic rings. The first kappa shape index (κ1) is 13.5. The molecule has 0 heterocycles. The Bertz CT molecular complexity index is 563. The van der Waals surface area contributed by atoms with Gasteiger partial charge in [0.1, 0.15) is 11.9 Å². The molecule has 0 aromatic heterocycles. The molecular weight excluding hydrogens is 246 g/mol. The SMILES string of the molecule is Cc1cc(C)c(OC2CC(=O)C2(C)C)c([N+](=O)[O-])c1. The Morgan fingerprint density at radius 1 is 1.37 bits per heavy atom. The molecule has 1 atom stereocenters. The van der Waals surface area contributed by atoms with Crippen molar-refractivity contribution in [1.82, 2.24) is 0 Å². The average Bonchev–Trinajstić information content (AvgIpc) is 2.30. The number of carbonyl (C=O) groups is 1. The summed E-state index contributed by atoms with van der Waals surface area (Å²) >= 11 is 0. The number of hydrogen-bond donors (Lipinski definition) is 0. The van der Waals surface area contributed by atoms with Crippen molar-refractivity contribution in [1.29, 1.82) is 0 Å². The van der Waals surface area contributed by atoms with E-state index in [1.165, 1.54) is 6.07 Å². The molecule has 1 unspecified atom stereocenters. The third kappa shape index (κ3) is 2.20. The normalized spacial score (nSPS) is 20.8. The van der Waals surface area contributed by atoms with Gasteiger partial charge in [0.15, 0.2) is 5.75 Å². The van der Waals surface area contributed by atoms with E-state index in [9.17, 15) is 14.9 Å². The minimum Gasteiger partial charge on any atom is -0.482 e. The van der Waals surface area contributed by atoms with Crippen LogP contribution in [-0.4, -0.2) is 16.8 Å². The fourth-order valence-corrected chi connectivity index (χ4v) is 2.29. The topological polar surface area (TPSA) is 69.4 Å². The first-order chi connectivity index (χ1) is 8.73. The van der Waals surface area contributed by atoms with Gasteiger partial charge in [0.05, 0.1) is 10.3 Å². The molecule has 0 aliphatic heterocycles. The molecule has 5 heteroatoms. The Hall–Kier alpha value is -1.91. The van der Waals surface area contributed by atoms with Crippen LogP contribution in [0.15, 0.2) is 12.1 Å². The molecule has 0 saturated heterocycles. The number of aryl methyl sites for hydroxylation is 2. The van der Waals surface area contributed by atoms with Gasteiger partial charge in [-0.1, -0.05) is 6.07 Å². The summed E-state index contributed by atoms with van der Waals surface area (Å²) in [7, 11) is 0. The predicted octanol–water partition coefficient (Wildman–Crippen LogP) is 2.96. The second kappa shape index (κ2) is 4.33. The van der Waals surface area contributed by atoms with E-state index in [1.54, 1.807) is 27.7 Å². The lowest BCUT2D eigenvalue weighted by Gasteiger charge is -2.41. The number of hydrogen-bond acceptors (Lipinski definition) is 4. The maximum atomic E-state index is 11.5. The van der Waals surface area contributed by atoms with Gasteiger partial charge in [-0.2, -0.15) is 0 Å². The van der Waals surface area contributed by atoms with E-state index in [0.717, 1.165) is 11.1 Å². The van der Waals surface area contributed by atoms with Crippen LogP contribution in [0.25, 0.3) is 0 Å². The Labute approximate surface area is 111 Å². The van der Waals surface area contributed by atoms with Crippen molar-refractivity contribution in [2.24, 2.45) is 5.41 Å². The molecule has 0 radical (unpaired) electrons. The van der Waals surface area contributed by atoms with E-state index in [2.05, 4.69) is 0 Å². The van der Waals surface area contributed by atoms with Crippen LogP contribution in [0.4, 0.5) is 5.69 Å². The highest BCUT2D eigenvalue weighted by Gasteiger charge is 2.49. The lowest BCUT2D eigenvalue weighted by atomic mass is 9.68. The summed E-state index contributed by atoms with van der Waals surface area (Å²) in [6.45, 7) is 7.20. The third-order valence-electron chi connectivity index (χ3n) is 3.75. The van der Waals surface area contributed by atoms with Gasteiger partial charge in [-0.15, -0.1) is 0 Å². The third-order valence-corrected chi connectivity index (χ3v) is 3.75. The molecule has 0 bridgehead atoms. The number of nitro benzene ring substituents is 1. The summed E-state index contributed by atoms with van der Waals surface area (Å²) in [6.07, 6.45) is 0.0254. The zero-order valence-electron chi connectivity index (χ0n) is 11.5. The van der Waals surface area contributed by atoms with Crippen molar-refractivity contribution in [3.63, 3.8) is 0 Å². The highest BCUT2D eigenvalue weighted by Crippen LogP contribution is 2.42. The van der Waals surface area contributed by atoms with Crippen molar-refractivity contribution in [2.75, 3.05) is 0 Å². The van der Waals surface area contributed by atoms with Crippen LogP contribution in [0.3, 0.4) is 0 Å². The van der Waals surface area contributed by atoms with Crippen molar-refractivity contribution in [2.45, 2.75) is 40.2 Å². The molecule has 2 rings (SSSR count). The number of ketones is 1. The average molecular weight is 263 g/mol. The van der Waals surface area contributed by atoms with Gasteiger partial charge in [-0.25, -0.2) is 0 Å². The smallest absolute Gasteiger partial charge is 0.311 e. The van der Waals surface area contributed by atoms with Crippen molar-refractivity contribution in [3.8, 4) is 5.75 Å². The molecule has 1 saturated carbocycles. The Morgan fingerprint density at radius 2 is 2.00 bits per heavy atom. The fourth-order valence-electron chi connectivity index (χ4n) is 2.29. The molecule has 0 spiro atoms. The highest BCUT2D eigenvalue weighted by molar-refractivity contribution is 5.91. The molecule has 1 fully saturated rings. The van der Waals surface area contributed by atoms with Gasteiger partial charge < -0.3 is 4.74 Å². The maximum absolute atomic E-state index is 11.5. The standard InChI is InChI=1S/C14H17NO4/c1-8-5-9(2)13(10(6-8)15(17)18)19-12-7-11(16)14(12,3)4/h5-6,12H,7H2,1-4H3. The van der Waals surface area contributed by atoms with Crippen LogP contribution in [0.1, 0.15) is 31.4 Å². The lowest BCUT2D eigenvalue weighted by molar-refractivity contribution is -0.386. The summed E-state index contributed by atoms with van der Waals surface area (Å²) in [5.74, 6) is 0.408. The number of nitro groups is 1. The minimum atomic E-state index is -0.564. The zero-order chi connectivity index (χ0) is 14.4. The molecule has 1 aliphatic rings. The molecule has 0 amide bonds. The molecule has 0 N–H and O–H groups in total. The van der Waals surface area contributed by atoms with Gasteiger partial charge in [0.2, 0.25) is 0 Å². The van der Waals surface area contributed by atoms with Gasteiger partial charge in [0, 0.05) is 12.5 Å². The number of benzene rings is 1. The molecule has 1 aliphatic carbocycles. The van der Waals surface area contributed by atoms with Crippen molar-refractivity contribution < 1.29 is 14.5 Å². The summed E-state index contributed by atoms with van der Waals surface area (Å²) in [6, 6.07) is 3.34. The Balaban J connectivity index is 2.35. The van der Waals surface area contributed by atoms with Crippen LogP contribution < -0.4 is 4.74 Å². The summed E-state index contributed by atoms with van der Waals surface area (Å²) in [5.41, 5.74) is 0.945. The number of carbonyl (C=O) groups excluding carboxylic acids is 1. The van der Waals surface area contributed by atoms with Crippen molar-refractivity contribution >= 4 is 11.5 Å². The first-order valence-electron chi connectivity index (χ1n) is 6.19. The van der Waals surface area contributed by atoms with Crippen LogP contribution >= 0.6 is 0 Å². The van der Waals surface area contributed by atoms with Gasteiger partial charge in [0.25, 0.3) is 0 Å². The van der Waals surface area contributed by atoms with Crippen LogP contribution in [0, 0.1) is 29.4 Å². The van der Waals surface area contributed by atoms with E-state index in [1.807, 2.05) is 6.07 Å². The second-order valence-corrected chi connectivity index (χ2v) is 5.64. The highest BCUT2D eigenvalue weighted by atomic mass is 16.6.